The van der Waals surface area contributed by atoms with E-state index < -0.39 is 17.7 Å². The highest BCUT2D eigenvalue weighted by molar-refractivity contribution is 5.66. The van der Waals surface area contributed by atoms with E-state index in [1.54, 1.807) is 0 Å². The van der Waals surface area contributed by atoms with Gasteiger partial charge < -0.3 is 10.2 Å². The Hall–Kier alpha value is -0.770. The molecule has 2 N–H and O–H groups in total. The first-order valence-corrected chi connectivity index (χ1v) is 6.04. The highest BCUT2D eigenvalue weighted by atomic mass is 16.4. The van der Waals surface area contributed by atoms with Crippen molar-refractivity contribution in [3.05, 3.63) is 0 Å². The first-order chi connectivity index (χ1) is 7.34. The van der Waals surface area contributed by atoms with Gasteiger partial charge in [-0.1, -0.05) is 19.3 Å². The van der Waals surface area contributed by atoms with E-state index in [0.717, 1.165) is 25.7 Å². The van der Waals surface area contributed by atoms with Gasteiger partial charge >= 0.3 is 6.09 Å². The van der Waals surface area contributed by atoms with Crippen LogP contribution in [0, 0.1) is 0 Å². The molecule has 0 radical (unpaired) electrons. The Morgan fingerprint density at radius 3 is 2.25 bits per heavy atom. The minimum absolute atomic E-state index is 0.250. The van der Waals surface area contributed by atoms with Gasteiger partial charge in [0.1, 0.15) is 0 Å². The van der Waals surface area contributed by atoms with Crippen LogP contribution in [0.25, 0.3) is 0 Å². The molecule has 94 valence electrons. The molecule has 0 spiro atoms. The molecule has 0 bridgehead atoms. The van der Waals surface area contributed by atoms with Gasteiger partial charge in [0.2, 0.25) is 0 Å². The van der Waals surface area contributed by atoms with Crippen LogP contribution in [0.3, 0.4) is 0 Å². The predicted octanol–water partition coefficient (Wildman–Crippen LogP) is 2.46. The number of aliphatic hydroxyl groups excluding tert-OH is 1. The standard InChI is InChI=1S/C12H23NO3/c1-12(2,3)13(11(15)16)9-7-5-4-6-8-10(9)14/h9-10,14H,4-8H2,1-3H3,(H,15,16). The molecule has 16 heavy (non-hydrogen) atoms. The molecule has 0 aromatic carbocycles. The summed E-state index contributed by atoms with van der Waals surface area (Å²) in [5, 5.41) is 19.3. The van der Waals surface area contributed by atoms with Crippen molar-refractivity contribution in [3.8, 4) is 0 Å². The van der Waals surface area contributed by atoms with Crippen LogP contribution < -0.4 is 0 Å². The zero-order valence-electron chi connectivity index (χ0n) is 10.4. The summed E-state index contributed by atoms with van der Waals surface area (Å²) in [6, 6.07) is -0.250. The maximum atomic E-state index is 11.3. The second-order valence-electron chi connectivity index (χ2n) is 5.60. The van der Waals surface area contributed by atoms with E-state index in [9.17, 15) is 15.0 Å². The van der Waals surface area contributed by atoms with Crippen LogP contribution in [-0.2, 0) is 0 Å². The maximum Gasteiger partial charge on any atom is 0.408 e. The zero-order valence-corrected chi connectivity index (χ0v) is 10.4. The van der Waals surface area contributed by atoms with Crippen LogP contribution in [0.2, 0.25) is 0 Å². The molecule has 0 aromatic heterocycles. The van der Waals surface area contributed by atoms with Crippen LogP contribution in [0.5, 0.6) is 0 Å². The second-order valence-corrected chi connectivity index (χ2v) is 5.60. The molecule has 2 unspecified atom stereocenters. The van der Waals surface area contributed by atoms with Gasteiger partial charge in [-0.3, -0.25) is 4.90 Å². The molecule has 4 heteroatoms. The molecule has 1 fully saturated rings. The normalized spacial score (nSPS) is 27.2. The highest BCUT2D eigenvalue weighted by Crippen LogP contribution is 2.27. The smallest absolute Gasteiger partial charge is 0.408 e. The van der Waals surface area contributed by atoms with E-state index in [-0.39, 0.29) is 6.04 Å². The molecule has 1 rings (SSSR count). The highest BCUT2D eigenvalue weighted by Gasteiger charge is 2.37. The third kappa shape index (κ3) is 3.11. The van der Waals surface area contributed by atoms with Crippen molar-refractivity contribution in [1.82, 2.24) is 4.90 Å². The van der Waals surface area contributed by atoms with Crippen molar-refractivity contribution in [3.63, 3.8) is 0 Å². The molecule has 0 aromatic rings. The fourth-order valence-corrected chi connectivity index (χ4v) is 2.50. The Morgan fingerprint density at radius 1 is 1.19 bits per heavy atom. The van der Waals surface area contributed by atoms with E-state index in [1.807, 2.05) is 20.8 Å². The van der Waals surface area contributed by atoms with E-state index in [2.05, 4.69) is 0 Å². The molecule has 1 amide bonds. The van der Waals surface area contributed by atoms with E-state index in [4.69, 9.17) is 0 Å². The largest absolute Gasteiger partial charge is 0.465 e. The molecular formula is C12H23NO3. The van der Waals surface area contributed by atoms with Gasteiger partial charge in [0.15, 0.2) is 0 Å². The predicted molar refractivity (Wildman–Crippen MR) is 62.5 cm³/mol. The Kier molecular flexibility index (Phi) is 4.19. The van der Waals surface area contributed by atoms with Crippen molar-refractivity contribution < 1.29 is 15.0 Å². The number of hydrogen-bond donors (Lipinski definition) is 2. The summed E-state index contributed by atoms with van der Waals surface area (Å²) in [5.74, 6) is 0. The van der Waals surface area contributed by atoms with Gasteiger partial charge in [-0.05, 0) is 33.6 Å². The number of carbonyl (C=O) groups is 1. The fraction of sp³-hybridized carbons (Fsp3) is 0.917. The lowest BCUT2D eigenvalue weighted by Crippen LogP contribution is -2.55. The lowest BCUT2D eigenvalue weighted by atomic mass is 9.97. The molecule has 0 saturated heterocycles. The number of hydrogen-bond acceptors (Lipinski definition) is 2. The summed E-state index contributed by atoms with van der Waals surface area (Å²) >= 11 is 0. The lowest BCUT2D eigenvalue weighted by molar-refractivity contribution is 0.00442. The number of aliphatic hydroxyl groups is 1. The van der Waals surface area contributed by atoms with Crippen LogP contribution in [0.1, 0.15) is 52.9 Å². The zero-order chi connectivity index (χ0) is 12.3. The number of carboxylic acid groups (broad SMARTS) is 1. The number of rotatable bonds is 1. The van der Waals surface area contributed by atoms with Crippen molar-refractivity contribution in [2.24, 2.45) is 0 Å². The topological polar surface area (TPSA) is 60.8 Å². The SMILES string of the molecule is CC(C)(C)N(C(=O)O)C1CCCCCC1O. The van der Waals surface area contributed by atoms with Crippen molar-refractivity contribution in [2.45, 2.75) is 70.6 Å². The van der Waals surface area contributed by atoms with E-state index >= 15 is 0 Å². The van der Waals surface area contributed by atoms with Crippen LogP contribution in [0.15, 0.2) is 0 Å². The molecule has 0 aliphatic heterocycles. The molecule has 1 saturated carbocycles. The van der Waals surface area contributed by atoms with Gasteiger partial charge in [0.25, 0.3) is 0 Å². The second kappa shape index (κ2) is 5.04. The monoisotopic (exact) mass is 229 g/mol. The van der Waals surface area contributed by atoms with Gasteiger partial charge in [0.05, 0.1) is 12.1 Å². The first kappa shape index (κ1) is 13.3. The quantitative estimate of drug-likeness (QED) is 0.679. The summed E-state index contributed by atoms with van der Waals surface area (Å²) in [5.41, 5.74) is -0.457. The van der Waals surface area contributed by atoms with Crippen LogP contribution >= 0.6 is 0 Å². The third-order valence-electron chi connectivity index (χ3n) is 3.20. The van der Waals surface area contributed by atoms with Crippen molar-refractivity contribution in [1.29, 1.82) is 0 Å². The van der Waals surface area contributed by atoms with Gasteiger partial charge in [-0.25, -0.2) is 4.79 Å². The Balaban J connectivity index is 2.87. The Morgan fingerprint density at radius 2 is 1.75 bits per heavy atom. The third-order valence-corrected chi connectivity index (χ3v) is 3.20. The summed E-state index contributed by atoms with van der Waals surface area (Å²) in [7, 11) is 0. The fourth-order valence-electron chi connectivity index (χ4n) is 2.50. The maximum absolute atomic E-state index is 11.3. The average molecular weight is 229 g/mol. The van der Waals surface area contributed by atoms with Gasteiger partial charge in [-0.2, -0.15) is 0 Å². The Bertz CT molecular complexity index is 247. The van der Waals surface area contributed by atoms with E-state index in [1.165, 1.54) is 4.90 Å². The van der Waals surface area contributed by atoms with Gasteiger partial charge in [-0.15, -0.1) is 0 Å². The molecule has 1 aliphatic rings. The summed E-state index contributed by atoms with van der Waals surface area (Å²) in [6.07, 6.45) is 3.12. The molecule has 1 aliphatic carbocycles. The number of nitrogens with zero attached hydrogens (tertiary/aromatic N) is 1. The van der Waals surface area contributed by atoms with Crippen molar-refractivity contribution in [2.75, 3.05) is 0 Å². The minimum Gasteiger partial charge on any atom is -0.465 e. The van der Waals surface area contributed by atoms with Gasteiger partial charge in [0, 0.05) is 5.54 Å². The summed E-state index contributed by atoms with van der Waals surface area (Å²) in [6.45, 7) is 5.62. The average Bonchev–Trinajstić information content (AvgIpc) is 2.29. The molecule has 2 atom stereocenters. The van der Waals surface area contributed by atoms with Crippen LogP contribution in [0.4, 0.5) is 4.79 Å². The summed E-state index contributed by atoms with van der Waals surface area (Å²) < 4.78 is 0. The van der Waals surface area contributed by atoms with E-state index in [0.29, 0.717) is 6.42 Å². The molecule has 0 heterocycles. The minimum atomic E-state index is -0.932. The molecule has 4 nitrogen and oxygen atoms in total. The Labute approximate surface area is 97.3 Å². The number of amides is 1. The van der Waals surface area contributed by atoms with Crippen LogP contribution in [-0.4, -0.2) is 38.9 Å². The summed E-state index contributed by atoms with van der Waals surface area (Å²) in [4.78, 5) is 12.7. The molecular weight excluding hydrogens is 206 g/mol. The lowest BCUT2D eigenvalue weighted by Gasteiger charge is -2.41. The van der Waals surface area contributed by atoms with Crippen molar-refractivity contribution >= 4 is 6.09 Å². The first-order valence-electron chi connectivity index (χ1n) is 6.04.